The SMILES string of the molecule is COc1c(N)ccc(Cl)c1C(F)(F)F.COc1c([N+](=O)[O-])ccc(Cl)c1C(F)(F)F.O=[N+]([O-])c1ccc(Cl)c(C(F)(F)F)c1O.[Cl][Sn][Cl]. The summed E-state index contributed by atoms with van der Waals surface area (Å²) in [5.41, 5.74) is -0.574. The number of anilines is 1. The third-order valence-electron chi connectivity index (χ3n) is 4.98. The van der Waals surface area contributed by atoms with Crippen LogP contribution < -0.4 is 15.2 Å². The Labute approximate surface area is 295 Å². The Kier molecular flexibility index (Phi) is 17.8. The summed E-state index contributed by atoms with van der Waals surface area (Å²) in [7, 11) is 11.9. The van der Waals surface area contributed by atoms with Gasteiger partial charge in [-0.1, -0.05) is 34.8 Å². The molecule has 0 saturated carbocycles. The van der Waals surface area contributed by atoms with Crippen LogP contribution in [0.5, 0.6) is 17.2 Å². The minimum absolute atomic E-state index is 0.0933. The van der Waals surface area contributed by atoms with Gasteiger partial charge in [0.25, 0.3) is 0 Å². The third kappa shape index (κ3) is 12.6. The predicted octanol–water partition coefficient (Wildman–Crippen LogP) is 10.2. The number of rotatable bonds is 4. The fraction of sp³-hybridized carbons (Fsp3) is 0.217. The molecular weight excluding hydrogens is 897 g/mol. The van der Waals surface area contributed by atoms with Gasteiger partial charge in [0.05, 0.1) is 44.8 Å². The van der Waals surface area contributed by atoms with E-state index in [1.807, 2.05) is 0 Å². The average Bonchev–Trinajstić information content (AvgIpc) is 2.92. The minimum atomic E-state index is -4.94. The number of phenols is 1. The Morgan fingerprint density at radius 2 is 0.979 bits per heavy atom. The molecule has 3 N–H and O–H groups in total. The van der Waals surface area contributed by atoms with E-state index >= 15 is 0 Å². The molecule has 0 aromatic heterocycles. The fourth-order valence-electron chi connectivity index (χ4n) is 3.19. The number of nitro benzene ring substituents is 2. The summed E-state index contributed by atoms with van der Waals surface area (Å²) in [5.74, 6) is -2.80. The van der Waals surface area contributed by atoms with Crippen molar-refractivity contribution in [2.75, 3.05) is 20.0 Å². The summed E-state index contributed by atoms with van der Waals surface area (Å²) in [4.78, 5) is 18.6. The van der Waals surface area contributed by atoms with E-state index in [1.54, 1.807) is 0 Å². The number of halogens is 14. The average molecular weight is 912 g/mol. The Morgan fingerprint density at radius 3 is 1.29 bits per heavy atom. The molecule has 3 aromatic rings. The first-order valence-corrected chi connectivity index (χ1v) is 19.7. The topological polar surface area (TPSA) is 151 Å². The molecule has 0 fully saturated rings. The van der Waals surface area contributed by atoms with E-state index in [4.69, 9.17) is 63.5 Å². The maximum atomic E-state index is 12.6. The van der Waals surface area contributed by atoms with Gasteiger partial charge < -0.3 is 20.3 Å². The van der Waals surface area contributed by atoms with Crippen LogP contribution in [0, 0.1) is 20.2 Å². The second-order valence-corrected chi connectivity index (χ2v) is 13.4. The summed E-state index contributed by atoms with van der Waals surface area (Å²) < 4.78 is 121. The van der Waals surface area contributed by atoms with Gasteiger partial charge in [0.15, 0.2) is 5.75 Å². The molecule has 48 heavy (non-hydrogen) atoms. The van der Waals surface area contributed by atoms with Crippen LogP contribution in [-0.2, 0) is 18.5 Å². The molecular formula is C23H15Cl5F9N3O7Sn. The normalized spacial score (nSPS) is 11.1. The first-order valence-electron chi connectivity index (χ1n) is 11.3. The van der Waals surface area contributed by atoms with Crippen molar-refractivity contribution in [1.29, 1.82) is 0 Å². The molecule has 0 amide bonds. The van der Waals surface area contributed by atoms with Gasteiger partial charge in [-0.25, -0.2) is 0 Å². The summed E-state index contributed by atoms with van der Waals surface area (Å²) in [6.07, 6.45) is -14.3. The predicted molar refractivity (Wildman–Crippen MR) is 159 cm³/mol. The van der Waals surface area contributed by atoms with Crippen molar-refractivity contribution < 1.29 is 63.9 Å². The number of methoxy groups -OCH3 is 2. The molecule has 266 valence electrons. The molecule has 10 nitrogen and oxygen atoms in total. The van der Waals surface area contributed by atoms with Gasteiger partial charge in [-0.3, -0.25) is 20.2 Å². The first kappa shape index (κ1) is 45.3. The Balaban J connectivity index is 0.000000663. The molecule has 0 saturated heterocycles. The number of nitrogens with zero attached hydrogens (tertiary/aromatic N) is 2. The summed E-state index contributed by atoms with van der Waals surface area (Å²) in [6, 6.07) is 5.43. The number of phenolic OH excluding ortho intramolecular Hbond substituents is 1. The van der Waals surface area contributed by atoms with Gasteiger partial charge >= 0.3 is 66.6 Å². The van der Waals surface area contributed by atoms with Gasteiger partial charge in [-0.15, -0.1) is 0 Å². The molecule has 0 aliphatic carbocycles. The zero-order valence-corrected chi connectivity index (χ0v) is 29.8. The summed E-state index contributed by atoms with van der Waals surface area (Å²) >= 11 is 15.1. The van der Waals surface area contributed by atoms with Gasteiger partial charge in [-0.2, -0.15) is 39.5 Å². The Bertz CT molecular complexity index is 1600. The van der Waals surface area contributed by atoms with Crippen LogP contribution in [-0.4, -0.2) is 48.1 Å². The summed E-state index contributed by atoms with van der Waals surface area (Å²) in [6.45, 7) is 0. The number of alkyl halides is 9. The fourth-order valence-corrected chi connectivity index (χ4v) is 3.97. The van der Waals surface area contributed by atoms with Crippen LogP contribution in [0.2, 0.25) is 15.1 Å². The maximum absolute atomic E-state index is 12.6. The number of nitrogens with two attached hydrogens (primary N) is 1. The zero-order valence-electron chi connectivity index (χ0n) is 23.1. The molecule has 0 heterocycles. The van der Waals surface area contributed by atoms with Crippen LogP contribution >= 0.6 is 52.6 Å². The van der Waals surface area contributed by atoms with Crippen molar-refractivity contribution in [3.8, 4) is 17.2 Å². The van der Waals surface area contributed by atoms with Gasteiger partial charge in [0, 0.05) is 12.1 Å². The number of aromatic hydroxyl groups is 1. The number of nitrogen functional groups attached to an aromatic ring is 1. The van der Waals surface area contributed by atoms with E-state index in [-0.39, 0.29) is 5.69 Å². The van der Waals surface area contributed by atoms with Crippen LogP contribution in [0.3, 0.4) is 0 Å². The molecule has 0 aliphatic rings. The molecule has 0 unspecified atom stereocenters. The molecule has 0 atom stereocenters. The molecule has 25 heteroatoms. The zero-order chi connectivity index (χ0) is 37.9. The van der Waals surface area contributed by atoms with Crippen molar-refractivity contribution in [3.05, 3.63) is 88.4 Å². The molecule has 3 aromatic carbocycles. The number of hydrogen-bond acceptors (Lipinski definition) is 8. The quantitative estimate of drug-likeness (QED) is 0.0863. The van der Waals surface area contributed by atoms with Crippen molar-refractivity contribution in [1.82, 2.24) is 0 Å². The molecule has 3 rings (SSSR count). The number of ether oxygens (including phenoxy) is 2. The van der Waals surface area contributed by atoms with Gasteiger partial charge in [0.2, 0.25) is 11.5 Å². The van der Waals surface area contributed by atoms with Crippen molar-refractivity contribution >= 4 is 88.6 Å². The number of hydrogen-bond donors (Lipinski definition) is 2. The van der Waals surface area contributed by atoms with Crippen LogP contribution in [0.4, 0.5) is 56.6 Å². The van der Waals surface area contributed by atoms with Gasteiger partial charge in [-0.05, 0) is 24.3 Å². The van der Waals surface area contributed by atoms with Crippen LogP contribution in [0.1, 0.15) is 16.7 Å². The summed E-state index contributed by atoms with van der Waals surface area (Å²) in [5, 5.41) is 27.9. The van der Waals surface area contributed by atoms with E-state index in [2.05, 4.69) is 9.47 Å². The van der Waals surface area contributed by atoms with Crippen LogP contribution in [0.25, 0.3) is 0 Å². The molecule has 0 spiro atoms. The van der Waals surface area contributed by atoms with E-state index in [0.29, 0.717) is 12.1 Å². The second kappa shape index (κ2) is 18.9. The second-order valence-electron chi connectivity index (χ2n) is 7.89. The Morgan fingerprint density at radius 1 is 0.667 bits per heavy atom. The standard InChI is InChI=1S/C8H5ClF3NO3.C8H7ClF3NO.C7H3ClF3NO3.2ClH.Sn/c1-16-7-5(13(14)15)3-2-4(9)6(7)8(10,11)12;1-14-7-5(13)3-2-4(9)6(7)8(10,11)12;8-3-1-2-4(12(14)15)6(13)5(3)7(9,10)11;;;/h2-3H,1H3;2-3H,13H2,1H3;1-2,13H;2*1H;/q;;;;;+2/p-2. The monoisotopic (exact) mass is 911 g/mol. The van der Waals surface area contributed by atoms with Crippen molar-refractivity contribution in [2.24, 2.45) is 0 Å². The van der Waals surface area contributed by atoms with E-state index in [0.717, 1.165) is 32.4 Å². The Hall–Kier alpha value is -2.72. The number of nitro groups is 2. The van der Waals surface area contributed by atoms with Gasteiger partial charge in [0.1, 0.15) is 16.7 Å². The molecule has 0 aliphatic heterocycles. The first-order chi connectivity index (χ1) is 21.8. The van der Waals surface area contributed by atoms with Crippen molar-refractivity contribution in [2.45, 2.75) is 18.5 Å². The third-order valence-corrected chi connectivity index (χ3v) is 5.93. The van der Waals surface area contributed by atoms with Crippen molar-refractivity contribution in [3.63, 3.8) is 0 Å². The van der Waals surface area contributed by atoms with Crippen LogP contribution in [0.15, 0.2) is 36.4 Å². The molecule has 0 bridgehead atoms. The van der Waals surface area contributed by atoms with E-state index < -0.39 is 108 Å². The number of benzene rings is 3. The van der Waals surface area contributed by atoms with E-state index in [1.165, 1.54) is 6.07 Å². The molecule has 2 radical (unpaired) electrons. The van der Waals surface area contributed by atoms with E-state index in [9.17, 15) is 59.7 Å².